The SMILES string of the molecule is O=C(O)C(=O)CC(=O)c1cccc(NS(=O)(=O)c2ccc(Cl)c(Cl)c2)c1. The maximum absolute atomic E-state index is 12.4. The largest absolute Gasteiger partial charge is 0.475 e. The van der Waals surface area contributed by atoms with Crippen molar-refractivity contribution < 1.29 is 27.9 Å². The monoisotopic (exact) mass is 415 g/mol. The summed E-state index contributed by atoms with van der Waals surface area (Å²) < 4.78 is 27.0. The Morgan fingerprint density at radius 1 is 1.00 bits per heavy atom. The highest BCUT2D eigenvalue weighted by atomic mass is 35.5. The van der Waals surface area contributed by atoms with E-state index in [4.69, 9.17) is 28.3 Å². The number of Topliss-reactive ketones (excluding diaryl/α,β-unsaturated/α-hetero) is 2. The Balaban J connectivity index is 2.24. The fourth-order valence-corrected chi connectivity index (χ4v) is 3.38. The Bertz CT molecular complexity index is 1000. The van der Waals surface area contributed by atoms with Gasteiger partial charge in [-0.05, 0) is 30.3 Å². The summed E-state index contributed by atoms with van der Waals surface area (Å²) in [7, 11) is -4.00. The predicted octanol–water partition coefficient (Wildman–Crippen LogP) is 3.02. The summed E-state index contributed by atoms with van der Waals surface area (Å²) in [6, 6.07) is 9.09. The second-order valence-electron chi connectivity index (χ2n) is 5.09. The molecule has 0 unspecified atom stereocenters. The fraction of sp³-hybridized carbons (Fsp3) is 0.0625. The Kier molecular flexibility index (Phi) is 6.01. The van der Waals surface area contributed by atoms with Gasteiger partial charge in [-0.15, -0.1) is 0 Å². The number of carbonyl (C=O) groups is 3. The summed E-state index contributed by atoms with van der Waals surface area (Å²) in [6.07, 6.45) is -0.821. The van der Waals surface area contributed by atoms with Crippen LogP contribution < -0.4 is 4.72 Å². The molecule has 0 fully saturated rings. The standard InChI is InChI=1S/C16H11Cl2NO6S/c17-12-5-4-11(7-13(12)18)26(24,25)19-10-3-1-2-9(6-10)14(20)8-15(21)16(22)23/h1-7,19H,8H2,(H,22,23). The van der Waals surface area contributed by atoms with E-state index in [2.05, 4.69) is 4.72 Å². The summed E-state index contributed by atoms with van der Waals surface area (Å²) in [5.74, 6) is -3.71. The summed E-state index contributed by atoms with van der Waals surface area (Å²) >= 11 is 11.6. The normalized spacial score (nSPS) is 11.0. The van der Waals surface area contributed by atoms with Gasteiger partial charge in [-0.2, -0.15) is 0 Å². The number of aliphatic carboxylic acids is 1. The molecule has 2 aromatic rings. The van der Waals surface area contributed by atoms with E-state index in [0.29, 0.717) is 0 Å². The van der Waals surface area contributed by atoms with Gasteiger partial charge in [0.2, 0.25) is 5.78 Å². The second-order valence-corrected chi connectivity index (χ2v) is 7.59. The van der Waals surface area contributed by atoms with Crippen LogP contribution in [0.25, 0.3) is 0 Å². The van der Waals surface area contributed by atoms with Crippen molar-refractivity contribution in [2.24, 2.45) is 0 Å². The average molecular weight is 416 g/mol. The Morgan fingerprint density at radius 3 is 2.31 bits per heavy atom. The number of hydrogen-bond donors (Lipinski definition) is 2. The summed E-state index contributed by atoms with van der Waals surface area (Å²) in [6.45, 7) is 0. The lowest BCUT2D eigenvalue weighted by Gasteiger charge is -2.10. The minimum Gasteiger partial charge on any atom is -0.475 e. The van der Waals surface area contributed by atoms with Gasteiger partial charge in [0.1, 0.15) is 0 Å². The molecule has 7 nitrogen and oxygen atoms in total. The van der Waals surface area contributed by atoms with Gasteiger partial charge in [-0.1, -0.05) is 35.3 Å². The molecule has 0 aliphatic rings. The average Bonchev–Trinajstić information content (AvgIpc) is 2.56. The van der Waals surface area contributed by atoms with Crippen molar-refractivity contribution in [1.29, 1.82) is 0 Å². The van der Waals surface area contributed by atoms with E-state index in [-0.39, 0.29) is 26.2 Å². The molecule has 136 valence electrons. The quantitative estimate of drug-likeness (QED) is 0.407. The molecular weight excluding hydrogens is 405 g/mol. The van der Waals surface area contributed by atoms with Gasteiger partial charge in [-0.25, -0.2) is 13.2 Å². The molecule has 0 bridgehead atoms. The molecule has 10 heteroatoms. The maximum Gasteiger partial charge on any atom is 0.372 e. The number of carboxylic acids is 1. The van der Waals surface area contributed by atoms with Gasteiger partial charge in [-0.3, -0.25) is 14.3 Å². The predicted molar refractivity (Wildman–Crippen MR) is 95.3 cm³/mol. The zero-order valence-corrected chi connectivity index (χ0v) is 15.2. The first-order valence-corrected chi connectivity index (χ1v) is 9.21. The van der Waals surface area contributed by atoms with Crippen LogP contribution in [0.4, 0.5) is 5.69 Å². The molecule has 0 radical (unpaired) electrons. The summed E-state index contributed by atoms with van der Waals surface area (Å²) in [5.41, 5.74) is 0.0543. The van der Waals surface area contributed by atoms with Crippen molar-refractivity contribution in [2.75, 3.05) is 4.72 Å². The van der Waals surface area contributed by atoms with E-state index in [1.165, 1.54) is 42.5 Å². The zero-order chi connectivity index (χ0) is 19.5. The Morgan fingerprint density at radius 2 is 1.69 bits per heavy atom. The van der Waals surface area contributed by atoms with E-state index in [1.807, 2.05) is 0 Å². The number of nitrogens with one attached hydrogen (secondary N) is 1. The first-order valence-electron chi connectivity index (χ1n) is 6.97. The van der Waals surface area contributed by atoms with Crippen LogP contribution in [0.2, 0.25) is 10.0 Å². The zero-order valence-electron chi connectivity index (χ0n) is 12.9. The first-order chi connectivity index (χ1) is 12.1. The molecule has 2 rings (SSSR count). The number of halogens is 2. The number of anilines is 1. The number of benzene rings is 2. The smallest absolute Gasteiger partial charge is 0.372 e. The Labute approximate surface area is 158 Å². The molecule has 0 amide bonds. The number of sulfonamides is 1. The third kappa shape index (κ3) is 4.81. The van der Waals surface area contributed by atoms with Crippen molar-refractivity contribution in [2.45, 2.75) is 11.3 Å². The van der Waals surface area contributed by atoms with Gasteiger partial charge in [0.25, 0.3) is 10.0 Å². The van der Waals surface area contributed by atoms with Crippen LogP contribution in [-0.2, 0) is 19.6 Å². The molecular formula is C16H11Cl2NO6S. The van der Waals surface area contributed by atoms with Gasteiger partial charge >= 0.3 is 5.97 Å². The van der Waals surface area contributed by atoms with E-state index >= 15 is 0 Å². The Hall–Kier alpha value is -2.42. The van der Waals surface area contributed by atoms with Gasteiger partial charge < -0.3 is 5.11 Å². The van der Waals surface area contributed by atoms with Gasteiger partial charge in [0.15, 0.2) is 5.78 Å². The number of carbonyl (C=O) groups excluding carboxylic acids is 2. The van der Waals surface area contributed by atoms with Crippen LogP contribution in [0.1, 0.15) is 16.8 Å². The number of rotatable bonds is 7. The minimum absolute atomic E-state index is 0.00561. The molecule has 26 heavy (non-hydrogen) atoms. The number of carboxylic acid groups (broad SMARTS) is 1. The molecule has 0 saturated carbocycles. The molecule has 2 N–H and O–H groups in total. The molecule has 0 aliphatic carbocycles. The highest BCUT2D eigenvalue weighted by Crippen LogP contribution is 2.26. The van der Waals surface area contributed by atoms with E-state index in [1.54, 1.807) is 0 Å². The van der Waals surface area contributed by atoms with Crippen LogP contribution in [0.15, 0.2) is 47.4 Å². The molecule has 0 saturated heterocycles. The van der Waals surface area contributed by atoms with E-state index < -0.39 is 34.0 Å². The van der Waals surface area contributed by atoms with Crippen LogP contribution >= 0.6 is 23.2 Å². The van der Waals surface area contributed by atoms with Crippen molar-refractivity contribution >= 4 is 56.4 Å². The van der Waals surface area contributed by atoms with Gasteiger partial charge in [0, 0.05) is 11.3 Å². The molecule has 0 spiro atoms. The van der Waals surface area contributed by atoms with Crippen molar-refractivity contribution in [3.63, 3.8) is 0 Å². The molecule has 2 aromatic carbocycles. The second kappa shape index (κ2) is 7.86. The topological polar surface area (TPSA) is 118 Å². The van der Waals surface area contributed by atoms with E-state index in [0.717, 1.165) is 0 Å². The van der Waals surface area contributed by atoms with Crippen LogP contribution in [0, 0.1) is 0 Å². The van der Waals surface area contributed by atoms with Crippen LogP contribution in [0.5, 0.6) is 0 Å². The van der Waals surface area contributed by atoms with Gasteiger partial charge in [0.05, 0.1) is 21.4 Å². The van der Waals surface area contributed by atoms with Crippen molar-refractivity contribution in [3.8, 4) is 0 Å². The lowest BCUT2D eigenvalue weighted by atomic mass is 10.1. The molecule has 0 aromatic heterocycles. The first kappa shape index (κ1) is 19.9. The van der Waals surface area contributed by atoms with E-state index in [9.17, 15) is 22.8 Å². The maximum atomic E-state index is 12.4. The molecule has 0 heterocycles. The van der Waals surface area contributed by atoms with Crippen LogP contribution in [0.3, 0.4) is 0 Å². The molecule has 0 aliphatic heterocycles. The third-order valence-corrected chi connectivity index (χ3v) is 5.32. The minimum atomic E-state index is -4.00. The molecule has 0 atom stereocenters. The summed E-state index contributed by atoms with van der Waals surface area (Å²) in [5, 5.41) is 8.80. The highest BCUT2D eigenvalue weighted by molar-refractivity contribution is 7.92. The number of ketones is 2. The van der Waals surface area contributed by atoms with Crippen molar-refractivity contribution in [1.82, 2.24) is 0 Å². The number of hydrogen-bond acceptors (Lipinski definition) is 5. The lowest BCUT2D eigenvalue weighted by molar-refractivity contribution is -0.148. The van der Waals surface area contributed by atoms with Crippen LogP contribution in [-0.4, -0.2) is 31.1 Å². The summed E-state index contributed by atoms with van der Waals surface area (Å²) in [4.78, 5) is 33.4. The fourth-order valence-electron chi connectivity index (χ4n) is 1.94. The lowest BCUT2D eigenvalue weighted by Crippen LogP contribution is -2.17. The highest BCUT2D eigenvalue weighted by Gasteiger charge is 2.19. The van der Waals surface area contributed by atoms with Crippen molar-refractivity contribution in [3.05, 3.63) is 58.1 Å². The third-order valence-electron chi connectivity index (χ3n) is 3.20.